The van der Waals surface area contributed by atoms with E-state index >= 15 is 0 Å². The van der Waals surface area contributed by atoms with E-state index in [2.05, 4.69) is 26.6 Å². The molecular weight excluding hydrogens is 380 g/mol. The molecule has 0 saturated heterocycles. The van der Waals surface area contributed by atoms with Crippen molar-refractivity contribution in [2.45, 2.75) is 49.3 Å². The summed E-state index contributed by atoms with van der Waals surface area (Å²) < 4.78 is 0.274. The Labute approximate surface area is 157 Å². The van der Waals surface area contributed by atoms with Crippen molar-refractivity contribution in [2.24, 2.45) is 17.3 Å². The minimum absolute atomic E-state index is 0.0760. The lowest BCUT2D eigenvalue weighted by molar-refractivity contribution is -0.123. The first-order valence-corrected chi connectivity index (χ1v) is 9.99. The van der Waals surface area contributed by atoms with E-state index in [1.165, 1.54) is 32.1 Å². The molecule has 2 N–H and O–H groups in total. The quantitative estimate of drug-likeness (QED) is 0.741. The smallest absolute Gasteiger partial charge is 0.251 e. The normalized spacial score (nSPS) is 35.4. The molecule has 0 heterocycles. The van der Waals surface area contributed by atoms with Gasteiger partial charge in [0.05, 0.1) is 0 Å². The molecule has 5 rings (SSSR count). The van der Waals surface area contributed by atoms with Crippen LogP contribution in [0.1, 0.15) is 55.3 Å². The van der Waals surface area contributed by atoms with Crippen molar-refractivity contribution >= 4 is 33.4 Å². The first-order valence-electron chi connectivity index (χ1n) is 9.20. The molecule has 4 fully saturated rings. The van der Waals surface area contributed by atoms with Crippen molar-refractivity contribution in [1.29, 1.82) is 0 Å². The number of benzene rings is 1. The summed E-state index contributed by atoms with van der Waals surface area (Å²) in [6.07, 6.45) is 8.02. The van der Waals surface area contributed by atoms with Gasteiger partial charge in [-0.1, -0.05) is 22.0 Å². The number of carbonyl (C=O) groups is 2. The number of amides is 2. The fourth-order valence-electron chi connectivity index (χ4n) is 5.97. The second-order valence-electron chi connectivity index (χ2n) is 8.50. The number of carbonyl (C=O) groups excluding carboxylic acids is 2. The van der Waals surface area contributed by atoms with E-state index in [1.54, 1.807) is 25.2 Å². The zero-order valence-corrected chi connectivity index (χ0v) is 16.2. The lowest BCUT2D eigenvalue weighted by atomic mass is 9.48. The molecule has 4 bridgehead atoms. The van der Waals surface area contributed by atoms with E-state index in [0.717, 1.165) is 18.3 Å². The Morgan fingerprint density at radius 2 is 1.92 bits per heavy atom. The van der Waals surface area contributed by atoms with Crippen LogP contribution in [0.4, 0.5) is 5.69 Å². The Kier molecular flexibility index (Phi) is 4.18. The monoisotopic (exact) mass is 404 g/mol. The number of nitrogens with one attached hydrogen (secondary N) is 2. The van der Waals surface area contributed by atoms with E-state index in [4.69, 9.17) is 0 Å². The zero-order valence-electron chi connectivity index (χ0n) is 14.6. The average Bonchev–Trinajstić information content (AvgIpc) is 2.51. The largest absolute Gasteiger partial charge is 0.355 e. The average molecular weight is 405 g/mol. The number of halogens is 1. The maximum atomic E-state index is 12.7. The summed E-state index contributed by atoms with van der Waals surface area (Å²) in [7, 11) is 1.61. The van der Waals surface area contributed by atoms with Crippen LogP contribution in [0.25, 0.3) is 0 Å². The predicted octanol–water partition coefficient (Wildman–Crippen LogP) is 4.11. The summed E-state index contributed by atoms with van der Waals surface area (Å²) in [5.74, 6) is 1.50. The van der Waals surface area contributed by atoms with Crippen molar-refractivity contribution in [3.8, 4) is 0 Å². The summed E-state index contributed by atoms with van der Waals surface area (Å²) in [5, 5.41) is 5.63. The van der Waals surface area contributed by atoms with Gasteiger partial charge in [-0.15, -0.1) is 0 Å². The molecule has 0 spiro atoms. The summed E-state index contributed by atoms with van der Waals surface area (Å²) in [6, 6.07) is 7.14. The van der Waals surface area contributed by atoms with Crippen molar-refractivity contribution < 1.29 is 9.59 Å². The molecule has 2 amide bonds. The van der Waals surface area contributed by atoms with Crippen LogP contribution in [0.5, 0.6) is 0 Å². The van der Waals surface area contributed by atoms with Gasteiger partial charge >= 0.3 is 0 Å². The minimum atomic E-state index is -0.140. The van der Waals surface area contributed by atoms with Crippen LogP contribution in [-0.4, -0.2) is 23.2 Å². The van der Waals surface area contributed by atoms with Gasteiger partial charge < -0.3 is 10.6 Å². The third kappa shape index (κ3) is 3.35. The first-order chi connectivity index (χ1) is 11.9. The Bertz CT molecular complexity index is 703. The summed E-state index contributed by atoms with van der Waals surface area (Å²) >= 11 is 4.01. The molecule has 2 unspecified atom stereocenters. The minimum Gasteiger partial charge on any atom is -0.355 e. The third-order valence-electron chi connectivity index (χ3n) is 6.28. The van der Waals surface area contributed by atoms with Gasteiger partial charge in [0.1, 0.15) is 0 Å². The molecule has 4 aliphatic carbocycles. The lowest BCUT2D eigenvalue weighted by Gasteiger charge is -2.60. The molecule has 2 atom stereocenters. The molecule has 4 aliphatic rings. The van der Waals surface area contributed by atoms with Gasteiger partial charge in [-0.25, -0.2) is 0 Å². The number of rotatable bonds is 4. The fourth-order valence-corrected chi connectivity index (χ4v) is 7.48. The highest BCUT2D eigenvalue weighted by Crippen LogP contribution is 2.65. The Balaban J connectivity index is 1.45. The maximum absolute atomic E-state index is 12.7. The van der Waals surface area contributed by atoms with E-state index < -0.39 is 0 Å². The molecule has 134 valence electrons. The highest BCUT2D eigenvalue weighted by molar-refractivity contribution is 9.10. The number of anilines is 1. The van der Waals surface area contributed by atoms with Crippen molar-refractivity contribution in [1.82, 2.24) is 5.32 Å². The topological polar surface area (TPSA) is 58.2 Å². The van der Waals surface area contributed by atoms with Gasteiger partial charge in [-0.3, -0.25) is 9.59 Å². The number of hydrogen-bond donors (Lipinski definition) is 2. The predicted molar refractivity (Wildman–Crippen MR) is 102 cm³/mol. The summed E-state index contributed by atoms with van der Waals surface area (Å²) in [6.45, 7) is 0. The Hall–Kier alpha value is -1.36. The molecule has 1 aromatic rings. The molecule has 0 aliphatic heterocycles. The Morgan fingerprint density at radius 3 is 2.56 bits per heavy atom. The number of alkyl halides is 1. The van der Waals surface area contributed by atoms with E-state index in [9.17, 15) is 9.59 Å². The van der Waals surface area contributed by atoms with Crippen molar-refractivity contribution in [2.75, 3.05) is 12.4 Å². The Morgan fingerprint density at radius 1 is 1.20 bits per heavy atom. The van der Waals surface area contributed by atoms with Crippen LogP contribution >= 0.6 is 15.9 Å². The van der Waals surface area contributed by atoms with Crippen LogP contribution in [0.3, 0.4) is 0 Å². The summed E-state index contributed by atoms with van der Waals surface area (Å²) in [4.78, 5) is 24.5. The second-order valence-corrected chi connectivity index (χ2v) is 10.2. The van der Waals surface area contributed by atoms with Gasteiger partial charge in [-0.2, -0.15) is 0 Å². The first kappa shape index (κ1) is 17.1. The highest BCUT2D eigenvalue weighted by atomic mass is 79.9. The van der Waals surface area contributed by atoms with Crippen molar-refractivity contribution in [3.05, 3.63) is 29.8 Å². The molecule has 25 heavy (non-hydrogen) atoms. The highest BCUT2D eigenvalue weighted by Gasteiger charge is 2.57. The van der Waals surface area contributed by atoms with Gasteiger partial charge in [0.2, 0.25) is 5.91 Å². The van der Waals surface area contributed by atoms with E-state index in [-0.39, 0.29) is 21.6 Å². The van der Waals surface area contributed by atoms with E-state index in [1.807, 2.05) is 6.07 Å². The van der Waals surface area contributed by atoms with Crippen LogP contribution < -0.4 is 10.6 Å². The van der Waals surface area contributed by atoms with Gasteiger partial charge in [0.25, 0.3) is 5.91 Å². The number of hydrogen-bond acceptors (Lipinski definition) is 2. The SMILES string of the molecule is CNC(=O)c1cccc(NC(=O)CC23CC4CC(CC(Br)(C4)C2)C3)c1. The zero-order chi connectivity index (χ0) is 17.7. The molecular formula is C20H25BrN2O2. The third-order valence-corrected chi connectivity index (χ3v) is 7.21. The molecule has 5 heteroatoms. The molecule has 0 radical (unpaired) electrons. The summed E-state index contributed by atoms with van der Waals surface area (Å²) in [5.41, 5.74) is 1.43. The van der Waals surface area contributed by atoms with E-state index in [0.29, 0.717) is 17.7 Å². The lowest BCUT2D eigenvalue weighted by Crippen LogP contribution is -2.53. The van der Waals surface area contributed by atoms with Crippen LogP contribution in [-0.2, 0) is 4.79 Å². The van der Waals surface area contributed by atoms with Crippen molar-refractivity contribution in [3.63, 3.8) is 0 Å². The van der Waals surface area contributed by atoms with Crippen LogP contribution in [0, 0.1) is 17.3 Å². The van der Waals surface area contributed by atoms with Gasteiger partial charge in [0, 0.05) is 29.0 Å². The second kappa shape index (κ2) is 6.11. The standard InChI is InChI=1S/C20H25BrN2O2/c1-22-18(25)15-3-2-4-16(6-15)23-17(24)11-19-7-13-5-14(8-19)10-20(21,9-13)12-19/h2-4,6,13-14H,5,7-12H2,1H3,(H,22,25)(H,23,24). The molecule has 1 aromatic carbocycles. The van der Waals surface area contributed by atoms with Gasteiger partial charge in [-0.05, 0) is 74.0 Å². The van der Waals surface area contributed by atoms with Crippen LogP contribution in [0.15, 0.2) is 24.3 Å². The van der Waals surface area contributed by atoms with Gasteiger partial charge in [0.15, 0.2) is 0 Å². The molecule has 4 saturated carbocycles. The molecule has 0 aromatic heterocycles. The van der Waals surface area contributed by atoms with Crippen LogP contribution in [0.2, 0.25) is 0 Å². The fraction of sp³-hybridized carbons (Fsp3) is 0.600. The maximum Gasteiger partial charge on any atom is 0.251 e. The molecule has 4 nitrogen and oxygen atoms in total.